The number of hydrogen-bond donors (Lipinski definition) is 1. The van der Waals surface area contributed by atoms with E-state index in [9.17, 15) is 4.79 Å². The molecule has 1 aromatic heterocycles. The summed E-state index contributed by atoms with van der Waals surface area (Å²) in [4.78, 5) is 11.7. The number of nitrogens with one attached hydrogen (secondary N) is 1. The molecule has 0 aliphatic carbocycles. The first-order valence-corrected chi connectivity index (χ1v) is 6.55. The molecule has 0 atom stereocenters. The molecule has 0 saturated carbocycles. The van der Waals surface area contributed by atoms with Crippen LogP contribution in [-0.2, 0) is 11.3 Å². The smallest absolute Gasteiger partial charge is 0.268 e. The third-order valence-electron chi connectivity index (χ3n) is 2.41. The highest BCUT2D eigenvalue weighted by Crippen LogP contribution is 2.01. The highest BCUT2D eigenvalue weighted by Gasteiger charge is 2.01. The van der Waals surface area contributed by atoms with E-state index in [1.165, 1.54) is 4.68 Å². The summed E-state index contributed by atoms with van der Waals surface area (Å²) in [5.41, 5.74) is 0.665. The van der Waals surface area contributed by atoms with Gasteiger partial charge in [-0.1, -0.05) is 13.3 Å². The first kappa shape index (κ1) is 14.7. The van der Waals surface area contributed by atoms with Crippen LogP contribution in [0.25, 0.3) is 0 Å². The Kier molecular flexibility index (Phi) is 6.43. The van der Waals surface area contributed by atoms with Gasteiger partial charge in [-0.05, 0) is 20.3 Å². The van der Waals surface area contributed by atoms with E-state index in [0.717, 1.165) is 25.1 Å². The van der Waals surface area contributed by atoms with Crippen LogP contribution in [0.5, 0.6) is 0 Å². The van der Waals surface area contributed by atoms with E-state index in [4.69, 9.17) is 4.74 Å². The molecule has 18 heavy (non-hydrogen) atoms. The molecule has 0 unspecified atom stereocenters. The molecule has 0 amide bonds. The van der Waals surface area contributed by atoms with Crippen LogP contribution in [0, 0.1) is 0 Å². The van der Waals surface area contributed by atoms with E-state index < -0.39 is 0 Å². The number of nitrogens with zero attached hydrogens (tertiary/aromatic N) is 2. The summed E-state index contributed by atoms with van der Waals surface area (Å²) in [6, 6.07) is 1.86. The average molecular weight is 253 g/mol. The molecule has 0 radical (unpaired) electrons. The van der Waals surface area contributed by atoms with Crippen LogP contribution in [-0.4, -0.2) is 29.0 Å². The Morgan fingerprint density at radius 1 is 1.44 bits per heavy atom. The SMILES string of the molecule is CCCCOCCn1ncc(NC(C)C)cc1=O. The predicted octanol–water partition coefficient (Wildman–Crippen LogP) is 1.88. The van der Waals surface area contributed by atoms with Gasteiger partial charge in [0.05, 0.1) is 25.0 Å². The maximum absolute atomic E-state index is 11.7. The standard InChI is InChI=1S/C13H23N3O2/c1-4-5-7-18-8-6-16-13(17)9-12(10-14-16)15-11(2)3/h9-11,15H,4-8H2,1-3H3. The predicted molar refractivity (Wildman–Crippen MR) is 73.0 cm³/mol. The molecule has 1 heterocycles. The average Bonchev–Trinajstić information content (AvgIpc) is 2.30. The van der Waals surface area contributed by atoms with Crippen molar-refractivity contribution >= 4 is 5.69 Å². The molecule has 1 rings (SSSR count). The lowest BCUT2D eigenvalue weighted by Crippen LogP contribution is -2.25. The Bertz CT molecular complexity index is 401. The van der Waals surface area contributed by atoms with Gasteiger partial charge in [-0.2, -0.15) is 5.10 Å². The van der Waals surface area contributed by atoms with Gasteiger partial charge in [-0.15, -0.1) is 0 Å². The zero-order chi connectivity index (χ0) is 13.4. The van der Waals surface area contributed by atoms with Crippen molar-refractivity contribution in [1.29, 1.82) is 0 Å². The number of rotatable bonds is 8. The normalized spacial score (nSPS) is 10.9. The van der Waals surface area contributed by atoms with Gasteiger partial charge >= 0.3 is 0 Å². The molecule has 0 spiro atoms. The molecule has 1 aromatic rings. The number of hydrogen-bond acceptors (Lipinski definition) is 4. The minimum Gasteiger partial charge on any atom is -0.381 e. The fourth-order valence-electron chi connectivity index (χ4n) is 1.51. The molecular weight excluding hydrogens is 230 g/mol. The Morgan fingerprint density at radius 3 is 2.83 bits per heavy atom. The zero-order valence-electron chi connectivity index (χ0n) is 11.5. The van der Waals surface area contributed by atoms with Gasteiger partial charge in [0.2, 0.25) is 0 Å². The largest absolute Gasteiger partial charge is 0.381 e. The summed E-state index contributed by atoms with van der Waals surface area (Å²) in [5, 5.41) is 7.26. The Hall–Kier alpha value is -1.36. The monoisotopic (exact) mass is 253 g/mol. The van der Waals surface area contributed by atoms with Crippen molar-refractivity contribution in [1.82, 2.24) is 9.78 Å². The number of aromatic nitrogens is 2. The van der Waals surface area contributed by atoms with E-state index in [0.29, 0.717) is 19.2 Å². The number of unbranched alkanes of at least 4 members (excludes halogenated alkanes) is 1. The topological polar surface area (TPSA) is 56.1 Å². The van der Waals surface area contributed by atoms with E-state index in [-0.39, 0.29) is 5.56 Å². The van der Waals surface area contributed by atoms with Crippen LogP contribution in [0.1, 0.15) is 33.6 Å². The molecule has 0 aliphatic rings. The maximum Gasteiger partial charge on any atom is 0.268 e. The van der Waals surface area contributed by atoms with Crippen molar-refractivity contribution in [2.24, 2.45) is 0 Å². The van der Waals surface area contributed by atoms with Crippen LogP contribution in [0.3, 0.4) is 0 Å². The number of ether oxygens (including phenoxy) is 1. The lowest BCUT2D eigenvalue weighted by Gasteiger charge is -2.10. The van der Waals surface area contributed by atoms with Crippen molar-refractivity contribution in [3.8, 4) is 0 Å². The second-order valence-electron chi connectivity index (χ2n) is 4.57. The van der Waals surface area contributed by atoms with Gasteiger partial charge in [-0.25, -0.2) is 4.68 Å². The third-order valence-corrected chi connectivity index (χ3v) is 2.41. The van der Waals surface area contributed by atoms with E-state index in [1.54, 1.807) is 12.3 Å². The highest BCUT2D eigenvalue weighted by molar-refractivity contribution is 5.39. The Labute approximate surface area is 108 Å². The molecule has 1 N–H and O–H groups in total. The zero-order valence-corrected chi connectivity index (χ0v) is 11.5. The van der Waals surface area contributed by atoms with Gasteiger partial charge in [0.15, 0.2) is 0 Å². The molecule has 5 heteroatoms. The van der Waals surface area contributed by atoms with E-state index in [2.05, 4.69) is 17.3 Å². The van der Waals surface area contributed by atoms with Gasteiger partial charge in [0, 0.05) is 18.7 Å². The summed E-state index contributed by atoms with van der Waals surface area (Å²) < 4.78 is 6.84. The molecule has 0 saturated heterocycles. The second-order valence-corrected chi connectivity index (χ2v) is 4.57. The van der Waals surface area contributed by atoms with Crippen LogP contribution in [0.4, 0.5) is 5.69 Å². The molecule has 0 fully saturated rings. The maximum atomic E-state index is 11.7. The summed E-state index contributed by atoms with van der Waals surface area (Å²) in [5.74, 6) is 0. The lowest BCUT2D eigenvalue weighted by molar-refractivity contribution is 0.120. The van der Waals surface area contributed by atoms with Crippen LogP contribution in [0.2, 0.25) is 0 Å². The van der Waals surface area contributed by atoms with Crippen molar-refractivity contribution in [3.05, 3.63) is 22.6 Å². The minimum absolute atomic E-state index is 0.0975. The Balaban J connectivity index is 2.45. The Morgan fingerprint density at radius 2 is 2.22 bits per heavy atom. The fraction of sp³-hybridized carbons (Fsp3) is 0.692. The van der Waals surface area contributed by atoms with E-state index in [1.807, 2.05) is 13.8 Å². The number of anilines is 1. The highest BCUT2D eigenvalue weighted by atomic mass is 16.5. The van der Waals surface area contributed by atoms with Gasteiger partial charge in [0.25, 0.3) is 5.56 Å². The minimum atomic E-state index is -0.0975. The molecule has 0 aliphatic heterocycles. The van der Waals surface area contributed by atoms with Gasteiger partial charge in [-0.3, -0.25) is 4.79 Å². The van der Waals surface area contributed by atoms with Crippen LogP contribution >= 0.6 is 0 Å². The van der Waals surface area contributed by atoms with Crippen molar-refractivity contribution < 1.29 is 4.74 Å². The summed E-state index contributed by atoms with van der Waals surface area (Å²) in [6.07, 6.45) is 3.85. The summed E-state index contributed by atoms with van der Waals surface area (Å²) in [7, 11) is 0. The fourth-order valence-corrected chi connectivity index (χ4v) is 1.51. The molecule has 5 nitrogen and oxygen atoms in total. The molecule has 102 valence electrons. The van der Waals surface area contributed by atoms with Crippen molar-refractivity contribution in [2.45, 2.75) is 46.2 Å². The van der Waals surface area contributed by atoms with Crippen LogP contribution in [0.15, 0.2) is 17.1 Å². The quantitative estimate of drug-likeness (QED) is 0.719. The van der Waals surface area contributed by atoms with E-state index >= 15 is 0 Å². The lowest BCUT2D eigenvalue weighted by atomic mass is 10.3. The first-order chi connectivity index (χ1) is 8.63. The van der Waals surface area contributed by atoms with Gasteiger partial charge < -0.3 is 10.1 Å². The third kappa shape index (κ3) is 5.31. The van der Waals surface area contributed by atoms with Gasteiger partial charge in [0.1, 0.15) is 0 Å². The molecule has 0 bridgehead atoms. The van der Waals surface area contributed by atoms with Crippen molar-refractivity contribution in [3.63, 3.8) is 0 Å². The molecule has 0 aromatic carbocycles. The second kappa shape index (κ2) is 7.87. The van der Waals surface area contributed by atoms with Crippen LogP contribution < -0.4 is 10.9 Å². The summed E-state index contributed by atoms with van der Waals surface area (Å²) in [6.45, 7) is 7.95. The molecular formula is C13H23N3O2. The summed E-state index contributed by atoms with van der Waals surface area (Å²) >= 11 is 0. The first-order valence-electron chi connectivity index (χ1n) is 6.55. The van der Waals surface area contributed by atoms with Crippen molar-refractivity contribution in [2.75, 3.05) is 18.5 Å².